The molecular formula is C14H23FN2S. The highest BCUT2D eigenvalue weighted by atomic mass is 32.2. The Morgan fingerprint density at radius 2 is 2.17 bits per heavy atom. The van der Waals surface area contributed by atoms with Crippen LogP contribution in [0.15, 0.2) is 18.2 Å². The molecule has 0 saturated heterocycles. The summed E-state index contributed by atoms with van der Waals surface area (Å²) in [5.41, 5.74) is 1.74. The average Bonchev–Trinajstić information content (AvgIpc) is 2.37. The number of para-hydroxylation sites is 1. The largest absolute Gasteiger partial charge is 0.372 e. The molecule has 0 aliphatic heterocycles. The highest BCUT2D eigenvalue weighted by Gasteiger charge is 2.16. The number of anilines is 1. The van der Waals surface area contributed by atoms with E-state index in [1.807, 2.05) is 43.7 Å². The van der Waals surface area contributed by atoms with E-state index in [-0.39, 0.29) is 11.9 Å². The molecule has 1 unspecified atom stereocenters. The summed E-state index contributed by atoms with van der Waals surface area (Å²) in [5.74, 6) is 0.969. The molecule has 0 amide bonds. The number of halogens is 1. The van der Waals surface area contributed by atoms with E-state index in [1.165, 1.54) is 6.07 Å². The minimum Gasteiger partial charge on any atom is -0.372 e. The first-order valence-electron chi connectivity index (χ1n) is 6.27. The van der Waals surface area contributed by atoms with Gasteiger partial charge in [0, 0.05) is 19.6 Å². The van der Waals surface area contributed by atoms with Crippen molar-refractivity contribution in [3.63, 3.8) is 0 Å². The van der Waals surface area contributed by atoms with Gasteiger partial charge in [0.2, 0.25) is 0 Å². The molecule has 1 rings (SSSR count). The fourth-order valence-corrected chi connectivity index (χ4v) is 2.42. The van der Waals surface area contributed by atoms with Crippen LogP contribution < -0.4 is 10.2 Å². The Bertz CT molecular complexity index is 371. The molecule has 4 heteroatoms. The maximum absolute atomic E-state index is 14.0. The molecule has 1 N–H and O–H groups in total. The molecule has 0 aromatic heterocycles. The van der Waals surface area contributed by atoms with Gasteiger partial charge in [-0.2, -0.15) is 11.8 Å². The smallest absolute Gasteiger partial charge is 0.146 e. The van der Waals surface area contributed by atoms with Crippen molar-refractivity contribution in [2.75, 3.05) is 37.5 Å². The van der Waals surface area contributed by atoms with Gasteiger partial charge >= 0.3 is 0 Å². The highest BCUT2D eigenvalue weighted by molar-refractivity contribution is 7.98. The molecule has 0 heterocycles. The van der Waals surface area contributed by atoms with Gasteiger partial charge in [0.25, 0.3) is 0 Å². The molecule has 1 aromatic rings. The van der Waals surface area contributed by atoms with E-state index in [2.05, 4.69) is 11.6 Å². The summed E-state index contributed by atoms with van der Waals surface area (Å²) in [6, 6.07) is 5.45. The Labute approximate surface area is 114 Å². The Hall–Kier alpha value is -0.740. The van der Waals surface area contributed by atoms with Crippen molar-refractivity contribution in [2.24, 2.45) is 0 Å². The topological polar surface area (TPSA) is 15.3 Å². The second-order valence-electron chi connectivity index (χ2n) is 4.46. The van der Waals surface area contributed by atoms with Crippen LogP contribution in [0.5, 0.6) is 0 Å². The van der Waals surface area contributed by atoms with Gasteiger partial charge < -0.3 is 10.2 Å². The van der Waals surface area contributed by atoms with Crippen LogP contribution in [-0.2, 0) is 0 Å². The molecule has 2 nitrogen and oxygen atoms in total. The standard InChI is InChI=1S/C14H23FN2S/c1-11(16-2)12-7-5-8-13(15)14(12)17(3)9-6-10-18-4/h5,7-8,11,16H,6,9-10H2,1-4H3. The zero-order valence-corrected chi connectivity index (χ0v) is 12.5. The predicted octanol–water partition coefficient (Wildman–Crippen LogP) is 3.30. The van der Waals surface area contributed by atoms with Crippen LogP contribution >= 0.6 is 11.8 Å². The van der Waals surface area contributed by atoms with Crippen LogP contribution in [0, 0.1) is 5.82 Å². The first-order valence-corrected chi connectivity index (χ1v) is 7.67. The molecule has 0 bridgehead atoms. The van der Waals surface area contributed by atoms with E-state index in [4.69, 9.17) is 0 Å². The lowest BCUT2D eigenvalue weighted by atomic mass is 10.0. The number of hydrogen-bond donors (Lipinski definition) is 1. The summed E-state index contributed by atoms with van der Waals surface area (Å²) >= 11 is 1.83. The summed E-state index contributed by atoms with van der Waals surface area (Å²) in [5, 5.41) is 3.17. The fraction of sp³-hybridized carbons (Fsp3) is 0.571. The molecule has 0 aliphatic rings. The third-order valence-electron chi connectivity index (χ3n) is 3.14. The van der Waals surface area contributed by atoms with Crippen molar-refractivity contribution >= 4 is 17.4 Å². The normalized spacial score (nSPS) is 12.5. The lowest BCUT2D eigenvalue weighted by Crippen LogP contribution is -2.24. The first-order chi connectivity index (χ1) is 8.61. The minimum absolute atomic E-state index is 0.138. The predicted molar refractivity (Wildman–Crippen MR) is 80.1 cm³/mol. The Kier molecular flexibility index (Phi) is 6.50. The molecule has 0 saturated carbocycles. The van der Waals surface area contributed by atoms with Gasteiger partial charge in [0.15, 0.2) is 0 Å². The van der Waals surface area contributed by atoms with E-state index >= 15 is 0 Å². The Morgan fingerprint density at radius 3 is 2.78 bits per heavy atom. The molecule has 1 aromatic carbocycles. The summed E-state index contributed by atoms with van der Waals surface area (Å²) < 4.78 is 14.0. The Balaban J connectivity index is 2.91. The number of thioether (sulfide) groups is 1. The average molecular weight is 270 g/mol. The number of benzene rings is 1. The Morgan fingerprint density at radius 1 is 1.44 bits per heavy atom. The number of nitrogens with zero attached hydrogens (tertiary/aromatic N) is 1. The van der Waals surface area contributed by atoms with E-state index in [0.29, 0.717) is 0 Å². The van der Waals surface area contributed by atoms with Crippen LogP contribution in [-0.4, -0.2) is 32.6 Å². The summed E-state index contributed by atoms with van der Waals surface area (Å²) in [6.45, 7) is 2.93. The van der Waals surface area contributed by atoms with Crippen molar-refractivity contribution in [3.05, 3.63) is 29.6 Å². The lowest BCUT2D eigenvalue weighted by Gasteiger charge is -2.25. The van der Waals surface area contributed by atoms with E-state index in [0.717, 1.165) is 30.0 Å². The van der Waals surface area contributed by atoms with Gasteiger partial charge in [-0.15, -0.1) is 0 Å². The second-order valence-corrected chi connectivity index (χ2v) is 5.44. The fourth-order valence-electron chi connectivity index (χ4n) is 2.00. The SMILES string of the molecule is CNC(C)c1cccc(F)c1N(C)CCCSC. The monoisotopic (exact) mass is 270 g/mol. The summed E-state index contributed by atoms with van der Waals surface area (Å²) in [7, 11) is 3.86. The van der Waals surface area contributed by atoms with Crippen LogP contribution in [0.1, 0.15) is 24.9 Å². The van der Waals surface area contributed by atoms with Crippen molar-refractivity contribution in [1.82, 2.24) is 5.32 Å². The third kappa shape index (κ3) is 3.89. The lowest BCUT2D eigenvalue weighted by molar-refractivity contribution is 0.602. The van der Waals surface area contributed by atoms with Crippen LogP contribution in [0.25, 0.3) is 0 Å². The molecular weight excluding hydrogens is 247 g/mol. The van der Waals surface area contributed by atoms with Gasteiger partial charge in [-0.3, -0.25) is 0 Å². The van der Waals surface area contributed by atoms with Crippen LogP contribution in [0.2, 0.25) is 0 Å². The van der Waals surface area contributed by atoms with Crippen molar-refractivity contribution in [2.45, 2.75) is 19.4 Å². The summed E-state index contributed by atoms with van der Waals surface area (Å²) in [6.07, 6.45) is 3.16. The van der Waals surface area contributed by atoms with Gasteiger partial charge in [-0.25, -0.2) is 4.39 Å². The maximum Gasteiger partial charge on any atom is 0.146 e. The number of hydrogen-bond acceptors (Lipinski definition) is 3. The van der Waals surface area contributed by atoms with Gasteiger partial charge in [-0.1, -0.05) is 12.1 Å². The van der Waals surface area contributed by atoms with Gasteiger partial charge in [0.1, 0.15) is 5.82 Å². The van der Waals surface area contributed by atoms with Crippen molar-refractivity contribution in [3.8, 4) is 0 Å². The zero-order chi connectivity index (χ0) is 13.5. The van der Waals surface area contributed by atoms with Crippen molar-refractivity contribution in [1.29, 1.82) is 0 Å². The molecule has 0 spiro atoms. The second kappa shape index (κ2) is 7.64. The molecule has 0 aliphatic carbocycles. The molecule has 102 valence electrons. The minimum atomic E-state index is -0.138. The van der Waals surface area contributed by atoms with Gasteiger partial charge in [0.05, 0.1) is 5.69 Å². The summed E-state index contributed by atoms with van der Waals surface area (Å²) in [4.78, 5) is 2.02. The maximum atomic E-state index is 14.0. The molecule has 1 atom stereocenters. The highest BCUT2D eigenvalue weighted by Crippen LogP contribution is 2.28. The quantitative estimate of drug-likeness (QED) is 0.765. The molecule has 0 radical (unpaired) electrons. The number of rotatable bonds is 7. The van der Waals surface area contributed by atoms with Crippen LogP contribution in [0.4, 0.5) is 10.1 Å². The van der Waals surface area contributed by atoms with E-state index < -0.39 is 0 Å². The van der Waals surface area contributed by atoms with Gasteiger partial charge in [-0.05, 0) is 44.0 Å². The third-order valence-corrected chi connectivity index (χ3v) is 3.84. The molecule has 0 fully saturated rings. The first kappa shape index (κ1) is 15.3. The van der Waals surface area contributed by atoms with Crippen LogP contribution in [0.3, 0.4) is 0 Å². The van der Waals surface area contributed by atoms with E-state index in [1.54, 1.807) is 6.07 Å². The van der Waals surface area contributed by atoms with E-state index in [9.17, 15) is 4.39 Å². The zero-order valence-electron chi connectivity index (χ0n) is 11.7. The molecule has 18 heavy (non-hydrogen) atoms. The van der Waals surface area contributed by atoms with Crippen molar-refractivity contribution < 1.29 is 4.39 Å². The number of nitrogens with one attached hydrogen (secondary N) is 1.